The number of ether oxygens (including phenoxy) is 2. The molecule has 0 heterocycles. The van der Waals surface area contributed by atoms with Crippen molar-refractivity contribution in [2.24, 2.45) is 0 Å². The van der Waals surface area contributed by atoms with E-state index in [4.69, 9.17) is 14.9 Å². The Balaban J connectivity index is 1.97. The molecule has 0 amide bonds. The first-order valence-electron chi connectivity index (χ1n) is 6.69. The fraction of sp³-hybridized carbons (Fsp3) is 0.312. The van der Waals surface area contributed by atoms with Crippen molar-refractivity contribution >= 4 is 16.7 Å². The largest absolute Gasteiger partial charge is 0.490 e. The van der Waals surface area contributed by atoms with Crippen molar-refractivity contribution in [1.82, 2.24) is 0 Å². The lowest BCUT2D eigenvalue weighted by Gasteiger charge is -2.14. The van der Waals surface area contributed by atoms with Gasteiger partial charge < -0.3 is 14.6 Å². The predicted molar refractivity (Wildman–Crippen MR) is 79.4 cm³/mol. The Hall–Kier alpha value is -2.07. The van der Waals surface area contributed by atoms with Crippen LogP contribution in [0.25, 0.3) is 10.8 Å². The summed E-state index contributed by atoms with van der Waals surface area (Å²) in [5, 5.41) is 19.4. The number of aliphatic hydroxyl groups excluding tert-OH is 1. The summed E-state index contributed by atoms with van der Waals surface area (Å²) in [5.74, 6) is 0.826. The van der Waals surface area contributed by atoms with Crippen molar-refractivity contribution in [3.05, 3.63) is 42.5 Å². The van der Waals surface area contributed by atoms with E-state index in [1.165, 1.54) is 0 Å². The lowest BCUT2D eigenvalue weighted by atomic mass is 10.1. The van der Waals surface area contributed by atoms with E-state index in [1.807, 2.05) is 49.4 Å². The molecule has 0 saturated carbocycles. The van der Waals surface area contributed by atoms with Gasteiger partial charge in [0.25, 0.3) is 0 Å². The third-order valence-corrected chi connectivity index (χ3v) is 2.92. The molecule has 4 heteroatoms. The van der Waals surface area contributed by atoms with Crippen molar-refractivity contribution in [1.29, 1.82) is 5.41 Å². The van der Waals surface area contributed by atoms with E-state index >= 15 is 0 Å². The quantitative estimate of drug-likeness (QED) is 0.628. The third-order valence-electron chi connectivity index (χ3n) is 2.92. The number of rotatable bonds is 6. The normalized spacial score (nSPS) is 12.1. The van der Waals surface area contributed by atoms with Crippen molar-refractivity contribution in [2.75, 3.05) is 13.2 Å². The smallest absolute Gasteiger partial charge is 0.183 e. The van der Waals surface area contributed by atoms with Gasteiger partial charge in [-0.3, -0.25) is 5.41 Å². The molecule has 1 atom stereocenters. The summed E-state index contributed by atoms with van der Waals surface area (Å²) in [6, 6.07) is 13.8. The molecule has 1 unspecified atom stereocenters. The van der Waals surface area contributed by atoms with Gasteiger partial charge in [0.2, 0.25) is 0 Å². The number of fused-ring (bicyclic) bond motifs is 1. The molecule has 4 nitrogen and oxygen atoms in total. The van der Waals surface area contributed by atoms with Crippen LogP contribution in [0.3, 0.4) is 0 Å². The van der Waals surface area contributed by atoms with Gasteiger partial charge in [-0.05, 0) is 18.4 Å². The SMILES string of the molecule is CCOC(=N)CC(O)COc1cccc2ccccc12. The van der Waals surface area contributed by atoms with Crippen molar-refractivity contribution < 1.29 is 14.6 Å². The zero-order chi connectivity index (χ0) is 14.4. The Kier molecular flexibility index (Phi) is 4.96. The van der Waals surface area contributed by atoms with Crippen LogP contribution >= 0.6 is 0 Å². The summed E-state index contributed by atoms with van der Waals surface area (Å²) in [6.45, 7) is 2.40. The first-order chi connectivity index (χ1) is 9.70. The molecule has 2 aromatic rings. The van der Waals surface area contributed by atoms with Crippen molar-refractivity contribution in [3.8, 4) is 5.75 Å². The minimum Gasteiger partial charge on any atom is -0.490 e. The maximum Gasteiger partial charge on any atom is 0.183 e. The fourth-order valence-electron chi connectivity index (χ4n) is 2.01. The molecule has 0 bridgehead atoms. The molecule has 20 heavy (non-hydrogen) atoms. The van der Waals surface area contributed by atoms with Gasteiger partial charge in [-0.25, -0.2) is 0 Å². The Labute approximate surface area is 118 Å². The summed E-state index contributed by atoms with van der Waals surface area (Å²) in [7, 11) is 0. The summed E-state index contributed by atoms with van der Waals surface area (Å²) in [6.07, 6.45) is -0.577. The Bertz CT molecular complexity index is 577. The lowest BCUT2D eigenvalue weighted by molar-refractivity contribution is 0.108. The van der Waals surface area contributed by atoms with E-state index in [-0.39, 0.29) is 18.9 Å². The zero-order valence-corrected chi connectivity index (χ0v) is 11.5. The van der Waals surface area contributed by atoms with Crippen LogP contribution in [0.2, 0.25) is 0 Å². The highest BCUT2D eigenvalue weighted by Gasteiger charge is 2.10. The molecular weight excluding hydrogens is 254 g/mol. The summed E-state index contributed by atoms with van der Waals surface area (Å²) in [4.78, 5) is 0. The highest BCUT2D eigenvalue weighted by atomic mass is 16.5. The molecular formula is C16H19NO3. The Morgan fingerprint density at radius 3 is 2.75 bits per heavy atom. The molecule has 0 saturated heterocycles. The predicted octanol–water partition coefficient (Wildman–Crippen LogP) is 2.98. The first-order valence-corrected chi connectivity index (χ1v) is 6.69. The monoisotopic (exact) mass is 273 g/mol. The number of hydrogen-bond donors (Lipinski definition) is 2. The molecule has 2 N–H and O–H groups in total. The van der Waals surface area contributed by atoms with Gasteiger partial charge in [-0.2, -0.15) is 0 Å². The van der Waals surface area contributed by atoms with Gasteiger partial charge in [0.15, 0.2) is 5.90 Å². The minimum atomic E-state index is -0.743. The molecule has 0 aromatic heterocycles. The van der Waals surface area contributed by atoms with Crippen LogP contribution in [-0.2, 0) is 4.74 Å². The number of nitrogens with one attached hydrogen (secondary N) is 1. The molecule has 2 aromatic carbocycles. The zero-order valence-electron chi connectivity index (χ0n) is 11.5. The molecule has 2 rings (SSSR count). The highest BCUT2D eigenvalue weighted by molar-refractivity contribution is 5.88. The van der Waals surface area contributed by atoms with E-state index in [0.29, 0.717) is 6.61 Å². The minimum absolute atomic E-state index is 0.0847. The lowest BCUT2D eigenvalue weighted by Crippen LogP contribution is -2.22. The molecule has 0 aliphatic carbocycles. The maximum absolute atomic E-state index is 9.83. The number of benzene rings is 2. The van der Waals surface area contributed by atoms with Crippen molar-refractivity contribution in [2.45, 2.75) is 19.4 Å². The van der Waals surface area contributed by atoms with Crippen molar-refractivity contribution in [3.63, 3.8) is 0 Å². The maximum atomic E-state index is 9.83. The molecule has 0 aliphatic rings. The second-order valence-electron chi connectivity index (χ2n) is 4.50. The Morgan fingerprint density at radius 2 is 1.95 bits per heavy atom. The molecule has 0 spiro atoms. The molecule has 0 aliphatic heterocycles. The molecule has 0 radical (unpaired) electrons. The van der Waals surface area contributed by atoms with E-state index in [0.717, 1.165) is 16.5 Å². The number of hydrogen-bond acceptors (Lipinski definition) is 4. The van der Waals surface area contributed by atoms with Crippen LogP contribution in [0, 0.1) is 5.41 Å². The van der Waals surface area contributed by atoms with E-state index in [2.05, 4.69) is 0 Å². The average Bonchev–Trinajstić information content (AvgIpc) is 2.45. The van der Waals surface area contributed by atoms with Crippen LogP contribution in [0.4, 0.5) is 0 Å². The van der Waals surface area contributed by atoms with Crippen LogP contribution in [0.5, 0.6) is 5.75 Å². The van der Waals surface area contributed by atoms with Gasteiger partial charge in [0.1, 0.15) is 12.4 Å². The second kappa shape index (κ2) is 6.91. The van der Waals surface area contributed by atoms with Crippen LogP contribution in [0.1, 0.15) is 13.3 Å². The van der Waals surface area contributed by atoms with Gasteiger partial charge in [0.05, 0.1) is 19.1 Å². The Morgan fingerprint density at radius 1 is 1.20 bits per heavy atom. The summed E-state index contributed by atoms with van der Waals surface area (Å²) >= 11 is 0. The highest BCUT2D eigenvalue weighted by Crippen LogP contribution is 2.25. The molecule has 0 fully saturated rings. The van der Waals surface area contributed by atoms with Gasteiger partial charge in [0, 0.05) is 5.39 Å². The average molecular weight is 273 g/mol. The number of aliphatic hydroxyl groups is 1. The van der Waals surface area contributed by atoms with Gasteiger partial charge in [-0.15, -0.1) is 0 Å². The standard InChI is InChI=1S/C16H19NO3/c1-2-19-16(17)10-13(18)11-20-15-9-5-7-12-6-3-4-8-14(12)15/h3-9,13,17-18H,2,10-11H2,1H3. The van der Waals surface area contributed by atoms with Crippen LogP contribution in [0.15, 0.2) is 42.5 Å². The van der Waals surface area contributed by atoms with Crippen LogP contribution in [-0.4, -0.2) is 30.3 Å². The van der Waals surface area contributed by atoms with Crippen LogP contribution < -0.4 is 4.74 Å². The molecule has 106 valence electrons. The van der Waals surface area contributed by atoms with Gasteiger partial charge >= 0.3 is 0 Å². The van der Waals surface area contributed by atoms with Gasteiger partial charge in [-0.1, -0.05) is 36.4 Å². The summed E-state index contributed by atoms with van der Waals surface area (Å²) in [5.41, 5.74) is 0. The topological polar surface area (TPSA) is 62.5 Å². The van der Waals surface area contributed by atoms with E-state index in [1.54, 1.807) is 0 Å². The third kappa shape index (κ3) is 3.71. The van der Waals surface area contributed by atoms with E-state index in [9.17, 15) is 5.11 Å². The second-order valence-corrected chi connectivity index (χ2v) is 4.50. The van der Waals surface area contributed by atoms with E-state index < -0.39 is 6.10 Å². The first kappa shape index (κ1) is 14.3. The summed E-state index contributed by atoms with van der Waals surface area (Å²) < 4.78 is 10.7. The fourth-order valence-corrected chi connectivity index (χ4v) is 2.01.